The second-order valence-corrected chi connectivity index (χ2v) is 5.14. The molecule has 120 valence electrons. The number of carbonyl (C=O) groups excluding carboxylic acids is 1. The van der Waals surface area contributed by atoms with E-state index < -0.39 is 19.2 Å². The highest BCUT2D eigenvalue weighted by molar-refractivity contribution is 6.62. The van der Waals surface area contributed by atoms with Crippen molar-refractivity contribution in [1.82, 2.24) is 0 Å². The van der Waals surface area contributed by atoms with Gasteiger partial charge in [0.05, 0.1) is 25.7 Å². The van der Waals surface area contributed by atoms with Gasteiger partial charge in [0.2, 0.25) is 0 Å². The van der Waals surface area contributed by atoms with E-state index in [0.717, 1.165) is 12.8 Å². The number of phenolic OH excluding ortho intramolecular Hbond substituents is 1. The van der Waals surface area contributed by atoms with E-state index in [9.17, 15) is 14.9 Å². The van der Waals surface area contributed by atoms with Crippen LogP contribution in [-0.4, -0.2) is 36.4 Å². The zero-order valence-corrected chi connectivity index (χ0v) is 12.9. The number of esters is 1. The monoisotopic (exact) mass is 308 g/mol. The molecule has 1 aromatic carbocycles. The van der Waals surface area contributed by atoms with Gasteiger partial charge in [0.1, 0.15) is 11.5 Å². The number of aromatic hydroxyl groups is 1. The van der Waals surface area contributed by atoms with Crippen LogP contribution in [0.4, 0.5) is 0 Å². The maximum Gasteiger partial charge on any atom is 0.492 e. The first-order valence-corrected chi connectivity index (χ1v) is 7.55. The van der Waals surface area contributed by atoms with Gasteiger partial charge in [-0.1, -0.05) is 13.3 Å². The normalized spacial score (nSPS) is 16.5. The Labute approximate surface area is 130 Å². The van der Waals surface area contributed by atoms with Crippen LogP contribution in [0, 0.1) is 0 Å². The Kier molecular flexibility index (Phi) is 5.68. The average molecular weight is 308 g/mol. The number of carbonyl (C=O) groups is 1. The van der Waals surface area contributed by atoms with Crippen molar-refractivity contribution >= 4 is 18.6 Å². The number of rotatable bonds is 7. The predicted octanol–water partition coefficient (Wildman–Crippen LogP) is 1.28. The van der Waals surface area contributed by atoms with Crippen LogP contribution in [0.2, 0.25) is 0 Å². The third-order valence-electron chi connectivity index (χ3n) is 3.45. The summed E-state index contributed by atoms with van der Waals surface area (Å²) < 4.78 is 16.0. The van der Waals surface area contributed by atoms with Crippen LogP contribution in [0.5, 0.6) is 11.5 Å². The molecular formula is C15H21BO6. The molecule has 0 fully saturated rings. The van der Waals surface area contributed by atoms with Gasteiger partial charge in [-0.2, -0.15) is 0 Å². The predicted molar refractivity (Wildman–Crippen MR) is 81.2 cm³/mol. The summed E-state index contributed by atoms with van der Waals surface area (Å²) in [5.74, 6) is 0.0270. The van der Waals surface area contributed by atoms with Crippen LogP contribution in [-0.2, 0) is 14.2 Å². The summed E-state index contributed by atoms with van der Waals surface area (Å²) in [4.78, 5) is 11.7. The number of benzene rings is 1. The van der Waals surface area contributed by atoms with Gasteiger partial charge in [0.25, 0.3) is 0 Å². The van der Waals surface area contributed by atoms with Crippen molar-refractivity contribution in [3.8, 4) is 11.5 Å². The lowest BCUT2D eigenvalue weighted by molar-refractivity contribution is -0.145. The van der Waals surface area contributed by atoms with Gasteiger partial charge in [0, 0.05) is 11.6 Å². The molecule has 2 rings (SSSR count). The van der Waals surface area contributed by atoms with Crippen molar-refractivity contribution in [3.63, 3.8) is 0 Å². The maximum atomic E-state index is 11.7. The van der Waals surface area contributed by atoms with E-state index in [1.54, 1.807) is 6.92 Å². The lowest BCUT2D eigenvalue weighted by Crippen LogP contribution is -2.28. The summed E-state index contributed by atoms with van der Waals surface area (Å²) in [7, 11) is -1.19. The van der Waals surface area contributed by atoms with Crippen molar-refractivity contribution in [2.45, 2.75) is 39.2 Å². The van der Waals surface area contributed by atoms with Crippen LogP contribution < -0.4 is 10.2 Å². The molecule has 1 atom stereocenters. The molecule has 0 radical (unpaired) electrons. The average Bonchev–Trinajstić information content (AvgIpc) is 2.75. The molecule has 1 heterocycles. The first kappa shape index (κ1) is 16.6. The summed E-state index contributed by atoms with van der Waals surface area (Å²) >= 11 is 0. The minimum Gasteiger partial charge on any atom is -0.508 e. The lowest BCUT2D eigenvalue weighted by atomic mass is 9.78. The number of hydrogen-bond acceptors (Lipinski definition) is 6. The summed E-state index contributed by atoms with van der Waals surface area (Å²) in [5, 5.41) is 19.7. The van der Waals surface area contributed by atoms with Gasteiger partial charge >= 0.3 is 13.1 Å². The Morgan fingerprint density at radius 2 is 2.18 bits per heavy atom. The molecule has 1 aromatic rings. The molecule has 0 saturated carbocycles. The Bertz CT molecular complexity index is 533. The van der Waals surface area contributed by atoms with Crippen LogP contribution in [0.25, 0.3) is 0 Å². The third kappa shape index (κ3) is 3.72. The van der Waals surface area contributed by atoms with Crippen LogP contribution in [0.15, 0.2) is 12.1 Å². The van der Waals surface area contributed by atoms with Gasteiger partial charge in [0.15, 0.2) is 0 Å². The van der Waals surface area contributed by atoms with Gasteiger partial charge in [-0.3, -0.25) is 4.79 Å². The van der Waals surface area contributed by atoms with E-state index in [1.165, 1.54) is 12.1 Å². The fourth-order valence-electron chi connectivity index (χ4n) is 2.45. The Hall–Kier alpha value is -1.73. The molecule has 1 aliphatic rings. The molecule has 7 heteroatoms. The lowest BCUT2D eigenvalue weighted by Gasteiger charge is -2.16. The summed E-state index contributed by atoms with van der Waals surface area (Å²) in [6.45, 7) is 4.56. The van der Waals surface area contributed by atoms with Crippen molar-refractivity contribution in [1.29, 1.82) is 0 Å². The van der Waals surface area contributed by atoms with E-state index in [0.29, 0.717) is 23.4 Å². The van der Waals surface area contributed by atoms with Crippen LogP contribution in [0.3, 0.4) is 0 Å². The zero-order valence-electron chi connectivity index (χ0n) is 12.9. The quantitative estimate of drug-likeness (QED) is 0.448. The molecule has 2 N–H and O–H groups in total. The minimum atomic E-state index is -1.19. The standard InChI is InChI=1S/C15H21BO6/c1-3-5-6-21-12-8-10(17)7-11-15(12)13(22-16(11)19)9-14(18)20-4-2/h7-8,13,17,19H,3-6,9H2,1-2H3. The fourth-order valence-corrected chi connectivity index (χ4v) is 2.45. The van der Waals surface area contributed by atoms with Crippen LogP contribution in [0.1, 0.15) is 44.8 Å². The van der Waals surface area contributed by atoms with E-state index in [1.807, 2.05) is 6.92 Å². The molecule has 22 heavy (non-hydrogen) atoms. The molecule has 0 amide bonds. The van der Waals surface area contributed by atoms with Gasteiger partial charge in [-0.25, -0.2) is 0 Å². The van der Waals surface area contributed by atoms with Gasteiger partial charge in [-0.15, -0.1) is 0 Å². The summed E-state index contributed by atoms with van der Waals surface area (Å²) in [6, 6.07) is 2.91. The molecule has 0 aliphatic carbocycles. The molecule has 1 unspecified atom stereocenters. The number of fused-ring (bicyclic) bond motifs is 1. The summed E-state index contributed by atoms with van der Waals surface area (Å²) in [5.41, 5.74) is 1.04. The Morgan fingerprint density at radius 3 is 2.86 bits per heavy atom. The smallest absolute Gasteiger partial charge is 0.492 e. The van der Waals surface area contributed by atoms with Crippen LogP contribution >= 0.6 is 0 Å². The number of unbranched alkanes of at least 4 members (excludes halogenated alkanes) is 1. The van der Waals surface area contributed by atoms with Crippen molar-refractivity contribution in [3.05, 3.63) is 17.7 Å². The number of ether oxygens (including phenoxy) is 2. The van der Waals surface area contributed by atoms with Crippen molar-refractivity contribution < 1.29 is 29.1 Å². The molecule has 6 nitrogen and oxygen atoms in total. The minimum absolute atomic E-state index is 0.00713. The second kappa shape index (κ2) is 7.51. The fraction of sp³-hybridized carbons (Fsp3) is 0.533. The Balaban J connectivity index is 2.25. The highest BCUT2D eigenvalue weighted by Gasteiger charge is 2.39. The second-order valence-electron chi connectivity index (χ2n) is 5.14. The number of phenols is 1. The highest BCUT2D eigenvalue weighted by Crippen LogP contribution is 2.36. The van der Waals surface area contributed by atoms with Gasteiger partial charge in [-0.05, 0) is 24.9 Å². The SMILES string of the molecule is CCCCOc1cc(O)cc2c1C(CC(=O)OCC)OB2O. The molecule has 0 saturated heterocycles. The molecule has 1 aliphatic heterocycles. The molecule has 0 aromatic heterocycles. The maximum absolute atomic E-state index is 11.7. The molecule has 0 spiro atoms. The number of hydrogen-bond donors (Lipinski definition) is 2. The first-order chi connectivity index (χ1) is 10.6. The van der Waals surface area contributed by atoms with Crippen molar-refractivity contribution in [2.24, 2.45) is 0 Å². The van der Waals surface area contributed by atoms with Gasteiger partial charge < -0.3 is 24.3 Å². The largest absolute Gasteiger partial charge is 0.508 e. The molecular weight excluding hydrogens is 287 g/mol. The van der Waals surface area contributed by atoms with E-state index in [2.05, 4.69) is 0 Å². The van der Waals surface area contributed by atoms with Crippen molar-refractivity contribution in [2.75, 3.05) is 13.2 Å². The molecule has 0 bridgehead atoms. The zero-order chi connectivity index (χ0) is 16.1. The Morgan fingerprint density at radius 1 is 1.41 bits per heavy atom. The van der Waals surface area contributed by atoms with E-state index in [-0.39, 0.29) is 18.8 Å². The third-order valence-corrected chi connectivity index (χ3v) is 3.45. The van der Waals surface area contributed by atoms with E-state index in [4.69, 9.17) is 14.1 Å². The summed E-state index contributed by atoms with van der Waals surface area (Å²) in [6.07, 6.45) is 1.21. The van der Waals surface area contributed by atoms with E-state index >= 15 is 0 Å². The highest BCUT2D eigenvalue weighted by atomic mass is 16.5. The topological polar surface area (TPSA) is 85.2 Å². The first-order valence-electron chi connectivity index (χ1n) is 7.55.